The number of carbonyl (C=O) groups is 4. The van der Waals surface area contributed by atoms with Crippen LogP contribution < -0.4 is 9.80 Å². The second kappa shape index (κ2) is 26.4. The molecule has 0 spiro atoms. The summed E-state index contributed by atoms with van der Waals surface area (Å²) in [6.07, 6.45) is 10.8. The summed E-state index contributed by atoms with van der Waals surface area (Å²) in [6.45, 7) is 33.0. The predicted octanol–water partition coefficient (Wildman–Crippen LogP) is 14.0. The smallest absolute Gasteiger partial charge is 0.410 e. The van der Waals surface area contributed by atoms with E-state index in [4.69, 9.17) is 4.74 Å². The molecule has 4 saturated heterocycles. The summed E-state index contributed by atoms with van der Waals surface area (Å²) in [5, 5.41) is 3.80. The molecule has 476 valence electrons. The molecule has 21 heteroatoms. The predicted molar refractivity (Wildman–Crippen MR) is 353 cm³/mol. The van der Waals surface area contributed by atoms with Crippen molar-refractivity contribution in [2.75, 3.05) is 36.0 Å². The van der Waals surface area contributed by atoms with E-state index in [0.717, 1.165) is 35.8 Å². The van der Waals surface area contributed by atoms with Gasteiger partial charge in [-0.3, -0.25) is 14.8 Å². The highest BCUT2D eigenvalue weighted by Crippen LogP contribution is 2.45. The lowest BCUT2D eigenvalue weighted by atomic mass is 9.94. The van der Waals surface area contributed by atoms with E-state index in [0.29, 0.717) is 99.1 Å². The summed E-state index contributed by atoms with van der Waals surface area (Å²) >= 11 is 0. The van der Waals surface area contributed by atoms with Gasteiger partial charge >= 0.3 is 18.0 Å². The van der Waals surface area contributed by atoms with Crippen LogP contribution in [0.25, 0.3) is 65.9 Å². The van der Waals surface area contributed by atoms with Crippen LogP contribution in [0, 0.1) is 34.7 Å². The Kier molecular flexibility index (Phi) is 18.8. The number of hydrogen-bond acceptors (Lipinski definition) is 14. The number of likely N-dealkylation sites (tertiary alicyclic amines) is 2. The third-order valence-corrected chi connectivity index (χ3v) is 24.5. The number of fused-ring (bicyclic) bond motifs is 6. The van der Waals surface area contributed by atoms with Crippen molar-refractivity contribution in [2.45, 2.75) is 135 Å². The highest BCUT2D eigenvalue weighted by molar-refractivity contribution is 6.90. The minimum Gasteiger partial charge on any atom is -0.444 e. The molecule has 12 rings (SSSR count). The summed E-state index contributed by atoms with van der Waals surface area (Å²) < 4.78 is 72.5. The number of esters is 2. The van der Waals surface area contributed by atoms with E-state index in [1.807, 2.05) is 56.9 Å². The Morgan fingerprint density at radius 3 is 1.59 bits per heavy atom. The lowest BCUT2D eigenvalue weighted by Crippen LogP contribution is -2.63. The molecule has 4 atom stereocenters. The van der Waals surface area contributed by atoms with E-state index in [2.05, 4.69) is 117 Å². The first kappa shape index (κ1) is 65.5. The number of hydrogen-bond donors (Lipinski definition) is 0. The highest BCUT2D eigenvalue weighted by Gasteiger charge is 2.52. The fourth-order valence-electron chi connectivity index (χ4n) is 13.9. The van der Waals surface area contributed by atoms with Crippen molar-refractivity contribution in [1.29, 1.82) is 0 Å². The van der Waals surface area contributed by atoms with Crippen molar-refractivity contribution < 1.29 is 46.2 Å². The molecule has 0 unspecified atom stereocenters. The van der Waals surface area contributed by atoms with E-state index in [1.54, 1.807) is 41.6 Å². The van der Waals surface area contributed by atoms with Gasteiger partial charge in [-0.1, -0.05) is 123 Å². The molecule has 16 nitrogen and oxygen atoms in total. The van der Waals surface area contributed by atoms with Crippen LogP contribution in [0.2, 0.25) is 16.6 Å². The van der Waals surface area contributed by atoms with E-state index < -0.39 is 43.1 Å². The largest absolute Gasteiger partial charge is 0.444 e. The topological polar surface area (TPSA) is 177 Å². The Bertz CT molecular complexity index is 4320. The quantitative estimate of drug-likeness (QED) is 0.0298. The third kappa shape index (κ3) is 12.1. The number of aromatic nitrogens is 6. The number of halogens is 4. The van der Waals surface area contributed by atoms with E-state index in [9.17, 15) is 23.6 Å². The fraction of sp³-hybridized carbons (Fsp3) is 0.352. The van der Waals surface area contributed by atoms with E-state index in [-0.39, 0.29) is 70.0 Å². The van der Waals surface area contributed by atoms with Gasteiger partial charge in [0, 0.05) is 67.2 Å². The number of amides is 2. The molecule has 0 saturated carbocycles. The van der Waals surface area contributed by atoms with Gasteiger partial charge in [0.1, 0.15) is 72.0 Å². The van der Waals surface area contributed by atoms with Crippen LogP contribution in [0.15, 0.2) is 124 Å². The standard InChI is InChI=1S/C38H45F2N5O2Si.C27H23F2N5O.C6H6O3/c1-22(2)48(23(3)4,24(5)6)18-16-26-29(39)14-13-25-11-10-12-27(32(25)26)34-33(40)35-28(19-41-34)36(43-21-42-35)45-20-31-30(45)15-17-44(31)37(46)47-38(7,8)9;1-3-16-19(28)9-8-15-6-5-7-17(23(15)16)25-24(29)26-18(12-30-25)27(32-14-31-26)34-13-21-20(34)10-11-33(21)22(35)4-2;1-3-5(7)9-6(8)4-2/h10-14,19,21-24,30-31H,15,17,20H2,1-9H3;4-9,12,14,20-21H,2-3,10-11,13H2,1H3;3-4H,1-2H2/t30-,31-;20-,21-;/m11./s1. The summed E-state index contributed by atoms with van der Waals surface area (Å²) in [5.41, 5.74) is 6.56. The summed E-state index contributed by atoms with van der Waals surface area (Å²) in [5.74, 6) is 1.00. The Labute approximate surface area is 533 Å². The zero-order chi connectivity index (χ0) is 66.2. The first-order chi connectivity index (χ1) is 43.9. The molecule has 92 heavy (non-hydrogen) atoms. The van der Waals surface area contributed by atoms with E-state index >= 15 is 13.2 Å². The van der Waals surface area contributed by atoms with Crippen LogP contribution in [-0.4, -0.2) is 128 Å². The second-order valence-electron chi connectivity index (χ2n) is 25.2. The monoisotopic (exact) mass is 1270 g/mol. The molecule has 4 aliphatic heterocycles. The number of ether oxygens (including phenoxy) is 2. The van der Waals surface area contributed by atoms with Gasteiger partial charge in [-0.15, -0.1) is 5.54 Å². The molecular formula is C71H74F4N10O6Si. The molecule has 0 aliphatic carbocycles. The number of rotatable bonds is 11. The zero-order valence-corrected chi connectivity index (χ0v) is 54.4. The van der Waals surface area contributed by atoms with Crippen molar-refractivity contribution >= 4 is 87.0 Å². The third-order valence-electron chi connectivity index (χ3n) is 18.2. The molecule has 4 aliphatic rings. The average molecular weight is 1270 g/mol. The molecule has 0 bridgehead atoms. The van der Waals surface area contributed by atoms with Crippen LogP contribution in [0.4, 0.5) is 34.0 Å². The average Bonchev–Trinajstić information content (AvgIpc) is 1.31. The number of aryl methyl sites for hydroxylation is 1. The van der Waals surface area contributed by atoms with Crippen LogP contribution in [0.5, 0.6) is 0 Å². The lowest BCUT2D eigenvalue weighted by molar-refractivity contribution is -0.152. The van der Waals surface area contributed by atoms with Crippen molar-refractivity contribution in [3.63, 3.8) is 0 Å². The summed E-state index contributed by atoms with van der Waals surface area (Å²) in [6, 6.07) is 17.5. The lowest BCUT2D eigenvalue weighted by Gasteiger charge is -2.47. The van der Waals surface area contributed by atoms with Gasteiger partial charge in [0.25, 0.3) is 0 Å². The van der Waals surface area contributed by atoms with Gasteiger partial charge in [-0.05, 0) is 96.6 Å². The molecule has 4 aromatic carbocycles. The Balaban J connectivity index is 0.000000184. The Hall–Kier alpha value is -9.42. The van der Waals surface area contributed by atoms with Gasteiger partial charge in [0.05, 0.1) is 40.5 Å². The molecule has 4 fully saturated rings. The molecule has 4 aromatic heterocycles. The molecule has 8 heterocycles. The fourth-order valence-corrected chi connectivity index (χ4v) is 19.1. The highest BCUT2D eigenvalue weighted by atomic mass is 28.3. The van der Waals surface area contributed by atoms with Gasteiger partial charge < -0.3 is 29.1 Å². The number of carbonyl (C=O) groups excluding carboxylic acids is 4. The first-order valence-corrected chi connectivity index (χ1v) is 33.1. The van der Waals surface area contributed by atoms with E-state index in [1.165, 1.54) is 30.9 Å². The van der Waals surface area contributed by atoms with Crippen molar-refractivity contribution in [2.24, 2.45) is 0 Å². The van der Waals surface area contributed by atoms with Crippen LogP contribution in [0.1, 0.15) is 93.2 Å². The second-order valence-corrected chi connectivity index (χ2v) is 30.8. The van der Waals surface area contributed by atoms with Crippen LogP contribution >= 0.6 is 0 Å². The number of anilines is 2. The molecule has 2 amide bonds. The summed E-state index contributed by atoms with van der Waals surface area (Å²) in [7, 11) is -2.18. The molecule has 8 aromatic rings. The molecular weight excluding hydrogens is 1190 g/mol. The minimum absolute atomic E-state index is 0.00376. The van der Waals surface area contributed by atoms with Gasteiger partial charge in [-0.2, -0.15) is 0 Å². The Morgan fingerprint density at radius 1 is 0.630 bits per heavy atom. The van der Waals surface area contributed by atoms with Crippen LogP contribution in [-0.2, 0) is 30.3 Å². The maximum atomic E-state index is 16.6. The maximum Gasteiger partial charge on any atom is 0.410 e. The first-order valence-electron chi connectivity index (χ1n) is 30.9. The molecule has 0 N–H and O–H groups in total. The summed E-state index contributed by atoms with van der Waals surface area (Å²) in [4.78, 5) is 79.8. The van der Waals surface area contributed by atoms with Crippen molar-refractivity contribution in [3.8, 4) is 34.0 Å². The Morgan fingerprint density at radius 2 is 1.11 bits per heavy atom. The van der Waals surface area contributed by atoms with Crippen molar-refractivity contribution in [3.05, 3.63) is 158 Å². The number of benzene rings is 4. The number of nitrogens with zero attached hydrogens (tertiary/aromatic N) is 10. The van der Waals surface area contributed by atoms with Gasteiger partial charge in [0.2, 0.25) is 5.91 Å². The van der Waals surface area contributed by atoms with Crippen molar-refractivity contribution in [1.82, 2.24) is 39.7 Å². The van der Waals surface area contributed by atoms with Gasteiger partial charge in [0.15, 0.2) is 11.6 Å². The SMILES string of the molecule is C=CC(=O)N1CC[C@@H]2[C@H]1CN2c1ncnc2c(F)c(-c3cccc4ccc(F)c(CC)c34)ncc12.C=CC(=O)OC(=O)C=C.CC(C)[Si](C#Cc1c(F)ccc2cccc(-c3ncc4c(N5C[C@@H]6[C@H]5CCN6C(=O)OC(C)(C)C)ncnc4c3F)c12)(C(C)C)C(C)C. The van der Waals surface area contributed by atoms with Gasteiger partial charge in [-0.25, -0.2) is 51.9 Å². The maximum absolute atomic E-state index is 16.6. The number of pyridine rings is 2. The zero-order valence-electron chi connectivity index (χ0n) is 53.4. The minimum atomic E-state index is -2.18. The molecule has 0 radical (unpaired) electrons. The normalized spacial score (nSPS) is 17.4. The van der Waals surface area contributed by atoms with Crippen LogP contribution in [0.3, 0.4) is 0 Å².